The Morgan fingerprint density at radius 3 is 2.80 bits per heavy atom. The summed E-state index contributed by atoms with van der Waals surface area (Å²) in [5.41, 5.74) is 0.0603. The number of hydrogen-bond acceptors (Lipinski definition) is 4. The van der Waals surface area contributed by atoms with E-state index in [4.69, 9.17) is 0 Å². The van der Waals surface area contributed by atoms with Crippen LogP contribution in [0.15, 0.2) is 11.1 Å². The fourth-order valence-electron chi connectivity index (χ4n) is 8.42. The van der Waals surface area contributed by atoms with Crippen LogP contribution in [0.1, 0.15) is 52.4 Å². The molecule has 4 nitrogen and oxygen atoms in total. The van der Waals surface area contributed by atoms with Crippen molar-refractivity contribution < 1.29 is 14.7 Å². The molecule has 25 heavy (non-hydrogen) atoms. The maximum atomic E-state index is 14.0. The summed E-state index contributed by atoms with van der Waals surface area (Å²) in [6, 6.07) is 0.446. The molecular formula is C21H27NO3. The Hall–Kier alpha value is -1.00. The van der Waals surface area contributed by atoms with E-state index in [0.29, 0.717) is 30.1 Å². The molecule has 6 aliphatic rings. The number of hydrogen-bond donors (Lipinski definition) is 1. The molecule has 0 aromatic heterocycles. The van der Waals surface area contributed by atoms with Crippen LogP contribution in [0.5, 0.6) is 0 Å². The molecule has 2 bridgehead atoms. The third kappa shape index (κ3) is 1.34. The second-order valence-corrected chi connectivity index (χ2v) is 10.1. The Balaban J connectivity index is 1.69. The van der Waals surface area contributed by atoms with Gasteiger partial charge in [-0.15, -0.1) is 0 Å². The molecule has 0 amide bonds. The number of piperidine rings is 1. The Morgan fingerprint density at radius 2 is 2.00 bits per heavy atom. The molecule has 2 saturated carbocycles. The summed E-state index contributed by atoms with van der Waals surface area (Å²) in [6.07, 6.45) is 4.34. The van der Waals surface area contributed by atoms with E-state index in [1.807, 2.05) is 0 Å². The average Bonchev–Trinajstić information content (AvgIpc) is 3.06. The molecule has 0 aromatic rings. The van der Waals surface area contributed by atoms with Gasteiger partial charge in [0.25, 0.3) is 0 Å². The van der Waals surface area contributed by atoms with Gasteiger partial charge >= 0.3 is 0 Å². The van der Waals surface area contributed by atoms with E-state index >= 15 is 0 Å². The van der Waals surface area contributed by atoms with Gasteiger partial charge in [-0.25, -0.2) is 0 Å². The van der Waals surface area contributed by atoms with Crippen LogP contribution in [0.4, 0.5) is 0 Å². The number of fused-ring (bicyclic) bond motifs is 1. The van der Waals surface area contributed by atoms with E-state index in [-0.39, 0.29) is 23.5 Å². The smallest absolute Gasteiger partial charge is 0.162 e. The molecule has 1 N–H and O–H groups in total. The molecule has 0 radical (unpaired) electrons. The molecule has 7 atom stereocenters. The molecule has 2 unspecified atom stereocenters. The van der Waals surface area contributed by atoms with Crippen LogP contribution >= 0.6 is 0 Å². The predicted molar refractivity (Wildman–Crippen MR) is 91.7 cm³/mol. The van der Waals surface area contributed by atoms with Gasteiger partial charge in [-0.05, 0) is 55.1 Å². The Labute approximate surface area is 148 Å². The topological polar surface area (TPSA) is 57.6 Å². The number of Topliss-reactive ketones (excluding diaryl/α,β-unsaturated/α-hetero) is 2. The minimum absolute atomic E-state index is 0.104. The minimum atomic E-state index is -1.03. The lowest BCUT2D eigenvalue weighted by Gasteiger charge is -2.59. The summed E-state index contributed by atoms with van der Waals surface area (Å²) in [6.45, 7) is 6.68. The van der Waals surface area contributed by atoms with Gasteiger partial charge in [0.2, 0.25) is 0 Å². The monoisotopic (exact) mass is 341 g/mol. The highest BCUT2D eigenvalue weighted by atomic mass is 16.3. The van der Waals surface area contributed by atoms with Crippen molar-refractivity contribution in [3.05, 3.63) is 11.1 Å². The van der Waals surface area contributed by atoms with Crippen molar-refractivity contribution in [3.63, 3.8) is 0 Å². The van der Waals surface area contributed by atoms with Gasteiger partial charge in [-0.1, -0.05) is 13.8 Å². The van der Waals surface area contributed by atoms with E-state index in [1.54, 1.807) is 0 Å². The molecule has 134 valence electrons. The molecule has 4 heteroatoms. The first kappa shape index (κ1) is 15.1. The van der Waals surface area contributed by atoms with Crippen LogP contribution in [0, 0.1) is 28.6 Å². The standard InChI is InChI=1S/C21H27NO3/c1-11-9-22-10-12-3-4-13-15(23)8-20(25)5-6-21(17(13)20)18(24)14(11)7-16(22)19(12,21)2/h11-12,14,16,25H,3-10H2,1-2H3/t11-,12-,14?,16?,19-,20+,21+/m1/s1. The van der Waals surface area contributed by atoms with E-state index < -0.39 is 11.0 Å². The molecule has 4 fully saturated rings. The van der Waals surface area contributed by atoms with Crippen molar-refractivity contribution in [1.82, 2.24) is 4.90 Å². The average molecular weight is 341 g/mol. The van der Waals surface area contributed by atoms with Crippen molar-refractivity contribution in [2.45, 2.75) is 64.0 Å². The number of carbonyl (C=O) groups excluding carboxylic acids is 2. The lowest BCUT2D eigenvalue weighted by molar-refractivity contribution is -0.157. The summed E-state index contributed by atoms with van der Waals surface area (Å²) in [4.78, 5) is 29.4. The zero-order valence-electron chi connectivity index (χ0n) is 15.2. The fourth-order valence-corrected chi connectivity index (χ4v) is 8.42. The van der Waals surface area contributed by atoms with Crippen molar-refractivity contribution >= 4 is 11.6 Å². The summed E-state index contributed by atoms with van der Waals surface area (Å²) in [7, 11) is 0. The SMILES string of the molecule is C[C@@H]1CN2C[C@H]3CCC4=C5[C@](O)(CC[C@@]56C(=O)C1CC2[C@@]36C)CC4=O. The molecule has 4 aliphatic carbocycles. The second kappa shape index (κ2) is 4.12. The van der Waals surface area contributed by atoms with Crippen LogP contribution in [0.3, 0.4) is 0 Å². The first-order valence-corrected chi connectivity index (χ1v) is 10.1. The molecule has 2 saturated heterocycles. The largest absolute Gasteiger partial charge is 0.385 e. The zero-order chi connectivity index (χ0) is 17.4. The lowest BCUT2D eigenvalue weighted by Crippen LogP contribution is -2.65. The summed E-state index contributed by atoms with van der Waals surface area (Å²) in [5.74, 6) is 1.46. The Kier molecular flexibility index (Phi) is 2.49. The van der Waals surface area contributed by atoms with E-state index in [2.05, 4.69) is 18.7 Å². The maximum Gasteiger partial charge on any atom is 0.162 e. The predicted octanol–water partition coefficient (Wildman–Crippen LogP) is 2.11. The van der Waals surface area contributed by atoms with Crippen molar-refractivity contribution in [2.75, 3.05) is 13.1 Å². The molecular weight excluding hydrogens is 314 g/mol. The number of carbonyl (C=O) groups is 2. The van der Waals surface area contributed by atoms with Crippen LogP contribution in [-0.2, 0) is 9.59 Å². The third-order valence-corrected chi connectivity index (χ3v) is 9.44. The van der Waals surface area contributed by atoms with Crippen LogP contribution in [-0.4, -0.2) is 46.3 Å². The van der Waals surface area contributed by atoms with Gasteiger partial charge < -0.3 is 5.11 Å². The van der Waals surface area contributed by atoms with Crippen molar-refractivity contribution in [1.29, 1.82) is 0 Å². The summed E-state index contributed by atoms with van der Waals surface area (Å²) < 4.78 is 0. The van der Waals surface area contributed by atoms with Gasteiger partial charge in [-0.3, -0.25) is 14.5 Å². The zero-order valence-corrected chi connectivity index (χ0v) is 15.2. The summed E-state index contributed by atoms with van der Waals surface area (Å²) in [5, 5.41) is 11.4. The minimum Gasteiger partial charge on any atom is -0.385 e. The number of allylic oxidation sites excluding steroid dienone is 1. The van der Waals surface area contributed by atoms with E-state index in [9.17, 15) is 14.7 Å². The normalized spacial score (nSPS) is 56.4. The molecule has 2 heterocycles. The first-order chi connectivity index (χ1) is 11.8. The van der Waals surface area contributed by atoms with Gasteiger partial charge in [0.15, 0.2) is 5.78 Å². The molecule has 6 rings (SSSR count). The van der Waals surface area contributed by atoms with Crippen molar-refractivity contribution in [2.24, 2.45) is 28.6 Å². The molecule has 1 spiro atoms. The number of aliphatic hydroxyl groups is 1. The van der Waals surface area contributed by atoms with Crippen LogP contribution in [0.25, 0.3) is 0 Å². The number of nitrogens with zero attached hydrogens (tertiary/aromatic N) is 1. The number of rotatable bonds is 0. The van der Waals surface area contributed by atoms with Gasteiger partial charge in [-0.2, -0.15) is 0 Å². The molecule has 2 aliphatic heterocycles. The lowest BCUT2D eigenvalue weighted by atomic mass is 9.45. The van der Waals surface area contributed by atoms with Gasteiger partial charge in [0, 0.05) is 36.9 Å². The number of ketones is 2. The maximum absolute atomic E-state index is 14.0. The van der Waals surface area contributed by atoms with Crippen LogP contribution in [0.2, 0.25) is 0 Å². The Morgan fingerprint density at radius 1 is 1.20 bits per heavy atom. The Bertz CT molecular complexity index is 771. The van der Waals surface area contributed by atoms with Gasteiger partial charge in [0.1, 0.15) is 5.78 Å². The highest BCUT2D eigenvalue weighted by Crippen LogP contribution is 2.74. The highest BCUT2D eigenvalue weighted by molar-refractivity contribution is 6.05. The molecule has 0 aromatic carbocycles. The van der Waals surface area contributed by atoms with Crippen molar-refractivity contribution in [3.8, 4) is 0 Å². The van der Waals surface area contributed by atoms with E-state index in [1.165, 1.54) is 0 Å². The second-order valence-electron chi connectivity index (χ2n) is 10.1. The third-order valence-electron chi connectivity index (χ3n) is 9.44. The fraction of sp³-hybridized carbons (Fsp3) is 0.810. The first-order valence-electron chi connectivity index (χ1n) is 10.1. The highest BCUT2D eigenvalue weighted by Gasteiger charge is 2.77. The quantitative estimate of drug-likeness (QED) is 0.733. The van der Waals surface area contributed by atoms with Gasteiger partial charge in [0.05, 0.1) is 11.0 Å². The van der Waals surface area contributed by atoms with E-state index in [0.717, 1.165) is 49.9 Å². The summed E-state index contributed by atoms with van der Waals surface area (Å²) >= 11 is 0. The van der Waals surface area contributed by atoms with Crippen LogP contribution < -0.4 is 0 Å².